The van der Waals surface area contributed by atoms with Crippen molar-refractivity contribution in [3.63, 3.8) is 0 Å². The molecule has 1 aliphatic rings. The Balaban J connectivity index is 1.91. The van der Waals surface area contributed by atoms with Gasteiger partial charge in [-0.15, -0.1) is 0 Å². The van der Waals surface area contributed by atoms with E-state index in [1.165, 1.54) is 12.1 Å². The second-order valence-electron chi connectivity index (χ2n) is 5.87. The minimum Gasteiger partial charge on any atom is -0.496 e. The van der Waals surface area contributed by atoms with Crippen molar-refractivity contribution in [1.29, 1.82) is 0 Å². The summed E-state index contributed by atoms with van der Waals surface area (Å²) in [6.45, 7) is 1.71. The minimum atomic E-state index is -0.305. The Bertz CT molecular complexity index is 665. The zero-order chi connectivity index (χ0) is 16.9. The lowest BCUT2D eigenvalue weighted by atomic mass is 9.97. The van der Waals surface area contributed by atoms with Crippen molar-refractivity contribution >= 4 is 0 Å². The molecule has 1 saturated heterocycles. The van der Waals surface area contributed by atoms with Gasteiger partial charge in [0.1, 0.15) is 17.7 Å². The highest BCUT2D eigenvalue weighted by atomic mass is 19.1. The molecule has 2 aromatic carbocycles. The number of halogens is 1. The Morgan fingerprint density at radius 3 is 2.75 bits per heavy atom. The van der Waals surface area contributed by atoms with E-state index in [4.69, 9.17) is 9.47 Å². The summed E-state index contributed by atoms with van der Waals surface area (Å²) in [4.78, 5) is 2.21. The van der Waals surface area contributed by atoms with Crippen molar-refractivity contribution < 1.29 is 19.0 Å². The third-order valence-electron chi connectivity index (χ3n) is 4.39. The van der Waals surface area contributed by atoms with E-state index >= 15 is 0 Å². The van der Waals surface area contributed by atoms with Crippen LogP contribution in [-0.2, 0) is 11.3 Å². The lowest BCUT2D eigenvalue weighted by Crippen LogP contribution is -2.46. The molecule has 128 valence electrons. The SMILES string of the molecule is COc1ccc(F)cc1CN1CCO[C@H](CO)[C@H]1c1ccccc1. The Morgan fingerprint density at radius 1 is 1.25 bits per heavy atom. The van der Waals surface area contributed by atoms with Crippen LogP contribution < -0.4 is 4.74 Å². The molecule has 2 atom stereocenters. The Morgan fingerprint density at radius 2 is 2.04 bits per heavy atom. The van der Waals surface area contributed by atoms with Gasteiger partial charge in [-0.1, -0.05) is 30.3 Å². The van der Waals surface area contributed by atoms with Crippen molar-refractivity contribution in [2.45, 2.75) is 18.7 Å². The molecule has 1 fully saturated rings. The molecule has 1 aliphatic heterocycles. The maximum absolute atomic E-state index is 13.7. The van der Waals surface area contributed by atoms with Gasteiger partial charge in [0.25, 0.3) is 0 Å². The number of benzene rings is 2. The van der Waals surface area contributed by atoms with Gasteiger partial charge in [0.2, 0.25) is 0 Å². The van der Waals surface area contributed by atoms with Crippen LogP contribution in [0.3, 0.4) is 0 Å². The molecule has 0 saturated carbocycles. The van der Waals surface area contributed by atoms with Gasteiger partial charge in [-0.25, -0.2) is 4.39 Å². The molecule has 0 amide bonds. The first-order chi connectivity index (χ1) is 11.7. The number of nitrogens with zero attached hydrogens (tertiary/aromatic N) is 1. The molecular formula is C19H22FNO3. The third kappa shape index (κ3) is 3.59. The first-order valence-corrected chi connectivity index (χ1v) is 8.07. The lowest BCUT2D eigenvalue weighted by molar-refractivity contribution is -0.0961. The van der Waals surface area contributed by atoms with Gasteiger partial charge in [-0.2, -0.15) is 0 Å². The number of rotatable bonds is 5. The number of morpholine rings is 1. The van der Waals surface area contributed by atoms with Crippen molar-refractivity contribution in [1.82, 2.24) is 4.90 Å². The Hall–Kier alpha value is -1.95. The molecule has 0 unspecified atom stereocenters. The molecule has 0 bridgehead atoms. The van der Waals surface area contributed by atoms with Crippen LogP contribution in [0.4, 0.5) is 4.39 Å². The fourth-order valence-electron chi connectivity index (χ4n) is 3.28. The molecule has 0 aliphatic carbocycles. The fraction of sp³-hybridized carbons (Fsp3) is 0.368. The summed E-state index contributed by atoms with van der Waals surface area (Å²) >= 11 is 0. The molecule has 0 radical (unpaired) electrons. The quantitative estimate of drug-likeness (QED) is 0.915. The Labute approximate surface area is 141 Å². The van der Waals surface area contributed by atoms with Crippen LogP contribution in [-0.4, -0.2) is 43.0 Å². The summed E-state index contributed by atoms with van der Waals surface area (Å²) in [7, 11) is 1.58. The second kappa shape index (κ2) is 7.75. The molecule has 24 heavy (non-hydrogen) atoms. The van der Waals surface area contributed by atoms with E-state index < -0.39 is 0 Å². The molecular weight excluding hydrogens is 309 g/mol. The first-order valence-electron chi connectivity index (χ1n) is 8.07. The average Bonchev–Trinajstić information content (AvgIpc) is 2.62. The van der Waals surface area contributed by atoms with E-state index in [0.29, 0.717) is 25.4 Å². The standard InChI is InChI=1S/C19H22FNO3/c1-23-17-8-7-16(20)11-15(17)12-21-9-10-24-18(13-22)19(21)14-5-3-2-4-6-14/h2-8,11,18-19,22H,9-10,12-13H2,1H3/t18-,19-/m1/s1. The van der Waals surface area contributed by atoms with Crippen LogP contribution in [0, 0.1) is 5.82 Å². The highest BCUT2D eigenvalue weighted by molar-refractivity contribution is 5.34. The largest absolute Gasteiger partial charge is 0.496 e. The van der Waals surface area contributed by atoms with Crippen LogP contribution in [0.5, 0.6) is 5.75 Å². The highest BCUT2D eigenvalue weighted by Gasteiger charge is 2.33. The van der Waals surface area contributed by atoms with Crippen molar-refractivity contribution in [2.75, 3.05) is 26.9 Å². The summed E-state index contributed by atoms with van der Waals surface area (Å²) in [5, 5.41) is 9.72. The maximum atomic E-state index is 13.7. The average molecular weight is 331 g/mol. The van der Waals surface area contributed by atoms with Gasteiger partial charge in [-0.05, 0) is 23.8 Å². The summed E-state index contributed by atoms with van der Waals surface area (Å²) in [5.41, 5.74) is 1.86. The molecule has 0 spiro atoms. The highest BCUT2D eigenvalue weighted by Crippen LogP contribution is 2.32. The van der Waals surface area contributed by atoms with Crippen molar-refractivity contribution in [3.8, 4) is 5.75 Å². The second-order valence-corrected chi connectivity index (χ2v) is 5.87. The molecule has 2 aromatic rings. The molecule has 1 N–H and O–H groups in total. The van der Waals surface area contributed by atoms with E-state index in [1.54, 1.807) is 13.2 Å². The molecule has 1 heterocycles. The normalized spacial score (nSPS) is 21.6. The maximum Gasteiger partial charge on any atom is 0.123 e. The zero-order valence-corrected chi connectivity index (χ0v) is 13.7. The van der Waals surface area contributed by atoms with Crippen LogP contribution in [0.25, 0.3) is 0 Å². The number of ether oxygens (including phenoxy) is 2. The molecule has 4 nitrogen and oxygen atoms in total. The minimum absolute atomic E-state index is 0.0592. The molecule has 0 aromatic heterocycles. The van der Waals surface area contributed by atoms with Gasteiger partial charge in [0.05, 0.1) is 26.4 Å². The third-order valence-corrected chi connectivity index (χ3v) is 4.39. The molecule has 3 rings (SSSR count). The van der Waals surface area contributed by atoms with Crippen molar-refractivity contribution in [3.05, 3.63) is 65.5 Å². The predicted molar refractivity (Wildman–Crippen MR) is 89.4 cm³/mol. The summed E-state index contributed by atoms with van der Waals surface area (Å²) in [6, 6.07) is 14.4. The van der Waals surface area contributed by atoms with Crippen LogP contribution in [0.2, 0.25) is 0 Å². The van der Waals surface area contributed by atoms with Crippen molar-refractivity contribution in [2.24, 2.45) is 0 Å². The number of aliphatic hydroxyl groups excluding tert-OH is 1. The van der Waals surface area contributed by atoms with E-state index in [9.17, 15) is 9.50 Å². The smallest absolute Gasteiger partial charge is 0.123 e. The van der Waals surface area contributed by atoms with Crippen LogP contribution in [0.1, 0.15) is 17.2 Å². The summed E-state index contributed by atoms with van der Waals surface area (Å²) in [6.07, 6.45) is -0.305. The van der Waals surface area contributed by atoms with Gasteiger partial charge < -0.3 is 14.6 Å². The number of methoxy groups -OCH3 is 1. The van der Waals surface area contributed by atoms with Gasteiger partial charge in [-0.3, -0.25) is 4.90 Å². The first kappa shape index (κ1) is 16.9. The topological polar surface area (TPSA) is 41.9 Å². The molecule has 5 heteroatoms. The van der Waals surface area contributed by atoms with E-state index in [2.05, 4.69) is 4.90 Å². The van der Waals surface area contributed by atoms with Crippen LogP contribution >= 0.6 is 0 Å². The van der Waals surface area contributed by atoms with E-state index in [-0.39, 0.29) is 24.6 Å². The monoisotopic (exact) mass is 331 g/mol. The summed E-state index contributed by atoms with van der Waals surface area (Å²) in [5.74, 6) is 0.379. The summed E-state index contributed by atoms with van der Waals surface area (Å²) < 4.78 is 24.8. The van der Waals surface area contributed by atoms with Gasteiger partial charge in [0.15, 0.2) is 0 Å². The Kier molecular flexibility index (Phi) is 5.45. The zero-order valence-electron chi connectivity index (χ0n) is 13.7. The van der Waals surface area contributed by atoms with Crippen LogP contribution in [0.15, 0.2) is 48.5 Å². The predicted octanol–water partition coefficient (Wildman–Crippen LogP) is 2.77. The number of hydrogen-bond donors (Lipinski definition) is 1. The van der Waals surface area contributed by atoms with E-state index in [0.717, 1.165) is 11.1 Å². The van der Waals surface area contributed by atoms with Gasteiger partial charge >= 0.3 is 0 Å². The fourth-order valence-corrected chi connectivity index (χ4v) is 3.28. The number of aliphatic hydroxyl groups is 1. The van der Waals surface area contributed by atoms with E-state index in [1.807, 2.05) is 30.3 Å². The lowest BCUT2D eigenvalue weighted by Gasteiger charge is -2.41. The number of hydrogen-bond acceptors (Lipinski definition) is 4. The van der Waals surface area contributed by atoms with Gasteiger partial charge in [0, 0.05) is 18.7 Å².